The summed E-state index contributed by atoms with van der Waals surface area (Å²) in [5.74, 6) is 6.55. The standard InChI is InChI=1S/C32H35FN4O2/c1-4-23(16-15-22-10-6-7-11-22)31(27-20-36-17-9-13-25-12-8-14-26(27)32(25)36)35-21(3)34-29-19-30(37(38)39)28(33)18-24(29)5-2/h4,8,12,14,18-22,34H,5-7,9-11,13,17H2,1-3H3/b23-4-,35-31?. The predicted octanol–water partition coefficient (Wildman–Crippen LogP) is 7.58. The summed E-state index contributed by atoms with van der Waals surface area (Å²) in [4.78, 5) is 15.9. The van der Waals surface area contributed by atoms with Crippen molar-refractivity contribution in [2.45, 2.75) is 78.4 Å². The molecule has 0 amide bonds. The van der Waals surface area contributed by atoms with Crippen LogP contribution in [-0.4, -0.2) is 21.4 Å². The number of rotatable bonds is 7. The van der Waals surface area contributed by atoms with Crippen LogP contribution in [0.2, 0.25) is 0 Å². The molecule has 39 heavy (non-hydrogen) atoms. The monoisotopic (exact) mass is 526 g/mol. The molecule has 2 aliphatic rings. The zero-order chi connectivity index (χ0) is 27.5. The minimum Gasteiger partial charge on any atom is -0.364 e. The normalized spacial score (nSPS) is 16.7. The van der Waals surface area contributed by atoms with Crippen LogP contribution >= 0.6 is 0 Å². The smallest absolute Gasteiger partial charge is 0.306 e. The molecule has 1 aliphatic heterocycles. The molecule has 5 rings (SSSR count). The summed E-state index contributed by atoms with van der Waals surface area (Å²) in [6.07, 6.45) is 11.2. The van der Waals surface area contributed by atoms with Gasteiger partial charge >= 0.3 is 5.69 Å². The Morgan fingerprint density at radius 1 is 1.31 bits per heavy atom. The van der Waals surface area contributed by atoms with E-state index in [1.165, 1.54) is 36.1 Å². The summed E-state index contributed by atoms with van der Waals surface area (Å²) in [5.41, 5.74) is 5.97. The molecule has 0 saturated heterocycles. The molecule has 1 aromatic heterocycles. The van der Waals surface area contributed by atoms with Gasteiger partial charge < -0.3 is 9.88 Å². The second-order valence-electron chi connectivity index (χ2n) is 10.5. The number of benzene rings is 2. The fourth-order valence-electron chi connectivity index (χ4n) is 5.87. The highest BCUT2D eigenvalue weighted by molar-refractivity contribution is 6.21. The van der Waals surface area contributed by atoms with E-state index in [1.807, 2.05) is 26.8 Å². The van der Waals surface area contributed by atoms with Gasteiger partial charge in [-0.25, -0.2) is 0 Å². The zero-order valence-corrected chi connectivity index (χ0v) is 22.9. The van der Waals surface area contributed by atoms with Crippen LogP contribution in [0, 0.1) is 33.7 Å². The first kappa shape index (κ1) is 26.7. The van der Waals surface area contributed by atoms with Gasteiger partial charge in [-0.3, -0.25) is 15.1 Å². The highest BCUT2D eigenvalue weighted by Crippen LogP contribution is 2.32. The number of halogens is 1. The number of aromatic nitrogens is 1. The Labute approximate surface area is 229 Å². The van der Waals surface area contributed by atoms with Gasteiger partial charge in [0.05, 0.1) is 16.2 Å². The third kappa shape index (κ3) is 5.47. The number of para-hydroxylation sites is 1. The fraction of sp³-hybridized carbons (Fsp3) is 0.406. The molecule has 1 aliphatic carbocycles. The molecule has 1 atom stereocenters. The molecule has 6 nitrogen and oxygen atoms in total. The lowest BCUT2D eigenvalue weighted by molar-refractivity contribution is -0.387. The molecule has 202 valence electrons. The summed E-state index contributed by atoms with van der Waals surface area (Å²) in [7, 11) is 0. The van der Waals surface area contributed by atoms with Gasteiger partial charge in [0, 0.05) is 46.9 Å². The number of aliphatic imine (C=N–C) groups is 1. The maximum atomic E-state index is 14.3. The zero-order valence-electron chi connectivity index (χ0n) is 22.9. The number of nitro groups is 1. The van der Waals surface area contributed by atoms with E-state index >= 15 is 0 Å². The second-order valence-corrected chi connectivity index (χ2v) is 10.5. The van der Waals surface area contributed by atoms with Crippen molar-refractivity contribution in [1.82, 2.24) is 4.57 Å². The maximum absolute atomic E-state index is 14.3. The van der Waals surface area contributed by atoms with E-state index in [-0.39, 0.29) is 0 Å². The Kier molecular flexibility index (Phi) is 7.83. The van der Waals surface area contributed by atoms with Crippen LogP contribution in [0.15, 0.2) is 53.2 Å². The van der Waals surface area contributed by atoms with Crippen LogP contribution in [0.25, 0.3) is 10.9 Å². The van der Waals surface area contributed by atoms with Gasteiger partial charge in [-0.2, -0.15) is 4.39 Å². The van der Waals surface area contributed by atoms with Crippen molar-refractivity contribution in [3.05, 3.63) is 80.8 Å². The summed E-state index contributed by atoms with van der Waals surface area (Å²) >= 11 is 0. The Morgan fingerprint density at radius 3 is 2.82 bits per heavy atom. The number of allylic oxidation sites excluding steroid dienone is 2. The van der Waals surface area contributed by atoms with Crippen LogP contribution < -0.4 is 5.32 Å². The van der Waals surface area contributed by atoms with E-state index in [2.05, 4.69) is 46.1 Å². The summed E-state index contributed by atoms with van der Waals surface area (Å²) < 4.78 is 16.6. The number of nitrogens with zero attached hydrogens (tertiary/aromatic N) is 3. The maximum Gasteiger partial charge on any atom is 0.306 e. The quantitative estimate of drug-likeness (QED) is 0.149. The molecule has 1 unspecified atom stereocenters. The molecule has 2 aromatic carbocycles. The van der Waals surface area contributed by atoms with E-state index in [0.717, 1.165) is 54.5 Å². The first-order valence-electron chi connectivity index (χ1n) is 14.0. The SMILES string of the molecule is C/C=C(/C#CC1CCCC1)C(=NC(C)Nc1cc([N+](=O)[O-])c(F)cc1CC)c1cn2c3c(cccc13)CCC2. The Morgan fingerprint density at radius 2 is 2.10 bits per heavy atom. The van der Waals surface area contributed by atoms with Crippen LogP contribution in [0.5, 0.6) is 0 Å². The molecular weight excluding hydrogens is 491 g/mol. The summed E-state index contributed by atoms with van der Waals surface area (Å²) in [5, 5.41) is 15.9. The average molecular weight is 527 g/mol. The van der Waals surface area contributed by atoms with Gasteiger partial charge in [-0.1, -0.05) is 55.9 Å². The molecule has 3 aromatic rings. The lowest BCUT2D eigenvalue weighted by Gasteiger charge is -2.17. The lowest BCUT2D eigenvalue weighted by atomic mass is 9.98. The Hall–Kier alpha value is -3.92. The average Bonchev–Trinajstić information content (AvgIpc) is 3.58. The van der Waals surface area contributed by atoms with Crippen LogP contribution in [0.3, 0.4) is 0 Å². The van der Waals surface area contributed by atoms with Crippen molar-refractivity contribution in [2.75, 3.05) is 5.32 Å². The van der Waals surface area contributed by atoms with Gasteiger partial charge in [-0.15, -0.1) is 0 Å². The first-order chi connectivity index (χ1) is 18.9. The van der Waals surface area contributed by atoms with Crippen LogP contribution in [-0.2, 0) is 19.4 Å². The predicted molar refractivity (Wildman–Crippen MR) is 156 cm³/mol. The molecular formula is C32H35FN4O2. The number of anilines is 1. The van der Waals surface area contributed by atoms with Crippen molar-refractivity contribution in [1.29, 1.82) is 0 Å². The van der Waals surface area contributed by atoms with Gasteiger partial charge in [-0.05, 0) is 63.1 Å². The van der Waals surface area contributed by atoms with Crippen LogP contribution in [0.1, 0.15) is 69.6 Å². The van der Waals surface area contributed by atoms with Gasteiger partial charge in [0.2, 0.25) is 5.82 Å². The minimum absolute atomic E-state index is 0.415. The van der Waals surface area contributed by atoms with E-state index < -0.39 is 22.6 Å². The van der Waals surface area contributed by atoms with E-state index in [1.54, 1.807) is 0 Å². The Bertz CT molecular complexity index is 1530. The third-order valence-corrected chi connectivity index (χ3v) is 7.83. The molecule has 1 fully saturated rings. The summed E-state index contributed by atoms with van der Waals surface area (Å²) in [6.45, 7) is 6.77. The number of nitrogens with one attached hydrogen (secondary N) is 1. The largest absolute Gasteiger partial charge is 0.364 e. The number of hydrogen-bond acceptors (Lipinski definition) is 4. The number of aryl methyl sites for hydroxylation is 3. The van der Waals surface area contributed by atoms with Crippen molar-refractivity contribution < 1.29 is 9.31 Å². The van der Waals surface area contributed by atoms with E-state index in [9.17, 15) is 14.5 Å². The van der Waals surface area contributed by atoms with Gasteiger partial charge in [0.25, 0.3) is 0 Å². The molecule has 0 bridgehead atoms. The number of hydrogen-bond donors (Lipinski definition) is 1. The lowest BCUT2D eigenvalue weighted by Crippen LogP contribution is -2.18. The molecule has 2 heterocycles. The topological polar surface area (TPSA) is 72.5 Å². The summed E-state index contributed by atoms with van der Waals surface area (Å²) in [6, 6.07) is 8.98. The van der Waals surface area contributed by atoms with E-state index in [0.29, 0.717) is 23.6 Å². The van der Waals surface area contributed by atoms with E-state index in [4.69, 9.17) is 4.99 Å². The highest BCUT2D eigenvalue weighted by Gasteiger charge is 2.22. The molecule has 0 spiro atoms. The van der Waals surface area contributed by atoms with Crippen molar-refractivity contribution in [3.63, 3.8) is 0 Å². The van der Waals surface area contributed by atoms with Gasteiger partial charge in [0.15, 0.2) is 0 Å². The van der Waals surface area contributed by atoms with Crippen molar-refractivity contribution in [2.24, 2.45) is 10.9 Å². The Balaban J connectivity index is 1.59. The molecule has 1 N–H and O–H groups in total. The third-order valence-electron chi connectivity index (χ3n) is 7.83. The van der Waals surface area contributed by atoms with Crippen molar-refractivity contribution in [3.8, 4) is 11.8 Å². The number of nitro benzene ring substituents is 1. The second kappa shape index (κ2) is 11.4. The fourth-order valence-corrected chi connectivity index (χ4v) is 5.87. The molecule has 0 radical (unpaired) electrons. The van der Waals surface area contributed by atoms with Gasteiger partial charge in [0.1, 0.15) is 6.17 Å². The molecule has 1 saturated carbocycles. The first-order valence-corrected chi connectivity index (χ1v) is 14.0. The van der Waals surface area contributed by atoms with Crippen molar-refractivity contribution >= 4 is 28.0 Å². The minimum atomic E-state index is -0.827. The molecule has 7 heteroatoms. The highest BCUT2D eigenvalue weighted by atomic mass is 19.1. The van der Waals surface area contributed by atoms with Crippen LogP contribution in [0.4, 0.5) is 15.8 Å².